The third-order valence-corrected chi connectivity index (χ3v) is 14.9. The van der Waals surface area contributed by atoms with Gasteiger partial charge in [-0.1, -0.05) is 80.5 Å². The number of aliphatic hydroxyl groups excluding tert-OH is 1. The van der Waals surface area contributed by atoms with Crippen LogP contribution in [0.5, 0.6) is 5.75 Å². The Labute approximate surface area is 481 Å². The molecule has 6 N–H and O–H groups in total. The molecule has 0 saturated carbocycles. The van der Waals surface area contributed by atoms with Crippen molar-refractivity contribution in [3.63, 3.8) is 0 Å². The van der Waals surface area contributed by atoms with Crippen LogP contribution in [0.4, 0.5) is 0 Å². The summed E-state index contributed by atoms with van der Waals surface area (Å²) in [5, 5.41) is 36.8. The van der Waals surface area contributed by atoms with E-state index in [0.29, 0.717) is 38.6 Å². The van der Waals surface area contributed by atoms with E-state index in [0.717, 1.165) is 40.1 Å². The number of aromatic nitrogens is 2. The van der Waals surface area contributed by atoms with E-state index < -0.39 is 35.4 Å². The number of carbonyl (C=O) groups is 6. The number of nitrogens with zero attached hydrogens (tertiary/aromatic N) is 4. The molecule has 2 aliphatic rings. The van der Waals surface area contributed by atoms with E-state index >= 15 is 0 Å². The lowest BCUT2D eigenvalue weighted by molar-refractivity contribution is -0.144. The first-order valence-electron chi connectivity index (χ1n) is 27.6. The van der Waals surface area contributed by atoms with Gasteiger partial charge in [-0.05, 0) is 59.6 Å². The summed E-state index contributed by atoms with van der Waals surface area (Å²) in [6.45, 7) is 10.8. The van der Waals surface area contributed by atoms with Gasteiger partial charge in [0.15, 0.2) is 11.5 Å². The number of benzene rings is 3. The van der Waals surface area contributed by atoms with E-state index in [1.807, 2.05) is 70.2 Å². The number of carbonyl (C=O) groups excluding carboxylic acids is 6. The van der Waals surface area contributed by atoms with Crippen LogP contribution in [0, 0.1) is 12.3 Å². The average molecular weight is 1150 g/mol. The van der Waals surface area contributed by atoms with E-state index in [4.69, 9.17) is 28.2 Å². The molecule has 1 aliphatic heterocycles. The molecule has 0 radical (unpaired) electrons. The molecule has 3 aromatic carbocycles. The summed E-state index contributed by atoms with van der Waals surface area (Å²) in [4.78, 5) is 87.0. The number of fused-ring (bicyclic) bond motifs is 1. The van der Waals surface area contributed by atoms with Crippen LogP contribution in [0.3, 0.4) is 0 Å². The van der Waals surface area contributed by atoms with E-state index in [2.05, 4.69) is 37.5 Å². The maximum absolute atomic E-state index is 13.9. The second-order valence-corrected chi connectivity index (χ2v) is 22.0. The van der Waals surface area contributed by atoms with Gasteiger partial charge in [0, 0.05) is 64.1 Å². The first-order chi connectivity index (χ1) is 39.5. The molecule has 7 rings (SSSR count). The Balaban J connectivity index is 0.660. The zero-order valence-corrected chi connectivity index (χ0v) is 48.1. The number of phenols is 1. The van der Waals surface area contributed by atoms with E-state index in [1.54, 1.807) is 30.0 Å². The Morgan fingerprint density at radius 2 is 1.45 bits per heavy atom. The number of aryl methyl sites for hydroxylation is 2. The smallest absolute Gasteiger partial charge is 0.273 e. The number of likely N-dealkylation sites (tertiary alicyclic amines) is 1. The molecule has 5 aromatic rings. The van der Waals surface area contributed by atoms with Crippen LogP contribution in [0.2, 0.25) is 0 Å². The molecule has 2 aromatic heterocycles. The summed E-state index contributed by atoms with van der Waals surface area (Å²) in [7, 11) is 1.56. The minimum Gasteiger partial charge on any atom is -0.507 e. The van der Waals surface area contributed by atoms with Crippen LogP contribution in [0.1, 0.15) is 95.7 Å². The molecule has 1 fully saturated rings. The maximum atomic E-state index is 13.9. The lowest BCUT2D eigenvalue weighted by Crippen LogP contribution is -2.57. The largest absolute Gasteiger partial charge is 0.507 e. The van der Waals surface area contributed by atoms with Gasteiger partial charge < -0.3 is 69.5 Å². The third kappa shape index (κ3) is 18.2. The van der Waals surface area contributed by atoms with Crippen molar-refractivity contribution in [2.75, 3.05) is 92.8 Å². The lowest BCUT2D eigenvalue weighted by atomic mass is 9.85. The number of β-amino-alcohol motifs (C(OH)–C–C–N with tert-alkyl or cyclic N) is 1. The number of hydrogen-bond acceptors (Lipinski definition) is 17. The monoisotopic (exact) mass is 1150 g/mol. The van der Waals surface area contributed by atoms with Gasteiger partial charge in [0.05, 0.1) is 99.9 Å². The molecular weight excluding hydrogens is 1080 g/mol. The normalized spacial score (nSPS) is 16.1. The van der Waals surface area contributed by atoms with Crippen molar-refractivity contribution in [3.8, 4) is 27.5 Å². The SMILES string of the molecule is Cc1ncsc1-c1ccc(CNC(=O)[C@@H]2C[C@@H](O)CN2C(=O)[C@@H](NC(=O)CCOCCOCCOCCOCCOCCC(=O)NCCN(C)C(=O)c2ccc(-c3cc(C(=O)N[C@@H]4CCc5ccccc54)no3)cc2O)C(C)(C)C)cc1. The quantitative estimate of drug-likeness (QED) is 0.0327. The summed E-state index contributed by atoms with van der Waals surface area (Å²) < 4.78 is 33.1. The molecule has 23 heteroatoms. The van der Waals surface area contributed by atoms with Gasteiger partial charge in [-0.25, -0.2) is 4.98 Å². The Bertz CT molecular complexity index is 2930. The molecule has 22 nitrogen and oxygen atoms in total. The van der Waals surface area contributed by atoms with Gasteiger partial charge >= 0.3 is 0 Å². The molecule has 4 atom stereocenters. The number of rotatable bonds is 31. The standard InChI is InChI=1S/C59H76N8O14S/c1-38-53(82-37-62-38)41-12-10-39(11-13-41)35-61-56(73)48-33-43(68)36-67(48)58(75)54(59(2,3)4)64-52(71)19-23-77-25-27-79-29-31-80-30-28-78-26-24-76-22-18-51(70)60-20-21-66(5)57(74)45-16-14-42(32-49(45)69)50-34-47(65-81-50)55(72)63-46-17-15-40-8-6-7-9-44(40)46/h6-14,16,32,34,37,43,46,48,54,68-69H,15,17-31,33,35-36H2,1-5H3,(H,60,70)(H,61,73)(H,63,72)(H,64,71)/t43-,46-,48+,54-/m1/s1. The fraction of sp³-hybridized carbons (Fsp3) is 0.492. The first kappa shape index (κ1) is 62.5. The minimum absolute atomic E-state index is 0.00413. The maximum Gasteiger partial charge on any atom is 0.273 e. The molecule has 0 bridgehead atoms. The summed E-state index contributed by atoms with van der Waals surface area (Å²) in [6, 6.07) is 19.8. The van der Waals surface area contributed by atoms with Gasteiger partial charge in [-0.3, -0.25) is 28.8 Å². The highest BCUT2D eigenvalue weighted by molar-refractivity contribution is 7.13. The van der Waals surface area contributed by atoms with Gasteiger partial charge in [0.1, 0.15) is 17.8 Å². The van der Waals surface area contributed by atoms with Gasteiger partial charge in [0.25, 0.3) is 11.8 Å². The van der Waals surface area contributed by atoms with Gasteiger partial charge in [-0.15, -0.1) is 11.3 Å². The highest BCUT2D eigenvalue weighted by Crippen LogP contribution is 2.33. The lowest BCUT2D eigenvalue weighted by Gasteiger charge is -2.35. The molecule has 82 heavy (non-hydrogen) atoms. The molecule has 1 aliphatic carbocycles. The number of thiazole rings is 1. The molecular formula is C59H76N8O14S. The molecule has 0 unspecified atom stereocenters. The second kappa shape index (κ2) is 30.8. The van der Waals surface area contributed by atoms with E-state index in [1.165, 1.54) is 33.6 Å². The summed E-state index contributed by atoms with van der Waals surface area (Å²) in [5.74, 6) is -2.28. The van der Waals surface area contributed by atoms with Crippen LogP contribution in [-0.2, 0) is 55.8 Å². The van der Waals surface area contributed by atoms with Crippen molar-refractivity contribution in [2.24, 2.45) is 5.41 Å². The number of aromatic hydroxyl groups is 1. The Hall–Kier alpha value is -7.12. The number of nitrogens with one attached hydrogen (secondary N) is 4. The number of phenolic OH excluding ortho intramolecular Hbond substituents is 1. The molecule has 3 heterocycles. The van der Waals surface area contributed by atoms with Crippen LogP contribution in [0.25, 0.3) is 21.8 Å². The van der Waals surface area contributed by atoms with Crippen LogP contribution < -0.4 is 21.3 Å². The fourth-order valence-corrected chi connectivity index (χ4v) is 10.2. The Morgan fingerprint density at radius 1 is 0.817 bits per heavy atom. The van der Waals surface area contributed by atoms with Crippen LogP contribution >= 0.6 is 11.3 Å². The highest BCUT2D eigenvalue weighted by Gasteiger charge is 2.44. The second-order valence-electron chi connectivity index (χ2n) is 21.2. The number of ether oxygens (including phenoxy) is 5. The third-order valence-electron chi connectivity index (χ3n) is 14.0. The predicted molar refractivity (Wildman–Crippen MR) is 304 cm³/mol. The summed E-state index contributed by atoms with van der Waals surface area (Å²) >= 11 is 1.56. The Morgan fingerprint density at radius 3 is 2.09 bits per heavy atom. The van der Waals surface area contributed by atoms with Gasteiger partial charge in [0.2, 0.25) is 23.6 Å². The van der Waals surface area contributed by atoms with Crippen molar-refractivity contribution in [3.05, 3.63) is 112 Å². The zero-order chi connectivity index (χ0) is 58.6. The first-order valence-corrected chi connectivity index (χ1v) is 28.5. The van der Waals surface area contributed by atoms with Crippen LogP contribution in [0.15, 0.2) is 82.8 Å². The average Bonchev–Trinajstić information content (AvgIpc) is 4.32. The molecule has 442 valence electrons. The van der Waals surface area contributed by atoms with Crippen molar-refractivity contribution < 1.29 is 67.2 Å². The van der Waals surface area contributed by atoms with E-state index in [-0.39, 0.29) is 131 Å². The number of likely N-dealkylation sites (N-methyl/N-ethyl adjacent to an activating group) is 1. The van der Waals surface area contributed by atoms with Crippen molar-refractivity contribution in [1.82, 2.24) is 41.2 Å². The fourth-order valence-electron chi connectivity index (χ4n) is 9.41. The molecule has 6 amide bonds. The van der Waals surface area contributed by atoms with Crippen LogP contribution in [-0.4, -0.2) is 177 Å². The zero-order valence-electron chi connectivity index (χ0n) is 47.2. The highest BCUT2D eigenvalue weighted by atomic mass is 32.1. The molecule has 1 saturated heterocycles. The summed E-state index contributed by atoms with van der Waals surface area (Å²) in [6.07, 6.45) is 1.02. The van der Waals surface area contributed by atoms with Crippen molar-refractivity contribution >= 4 is 46.8 Å². The van der Waals surface area contributed by atoms with Gasteiger partial charge in [-0.2, -0.15) is 0 Å². The number of amides is 6. The minimum atomic E-state index is -0.948. The molecule has 0 spiro atoms. The van der Waals surface area contributed by atoms with Crippen molar-refractivity contribution in [2.45, 2.75) is 90.6 Å². The summed E-state index contributed by atoms with van der Waals surface area (Å²) in [5.41, 5.74) is 6.90. The number of hydrogen-bond donors (Lipinski definition) is 6. The van der Waals surface area contributed by atoms with E-state index in [9.17, 15) is 39.0 Å². The van der Waals surface area contributed by atoms with Crippen molar-refractivity contribution in [1.29, 1.82) is 0 Å². The topological polar surface area (TPSA) is 283 Å². The Kier molecular flexibility index (Phi) is 23.5. The number of aliphatic hydroxyl groups is 1. The predicted octanol–water partition coefficient (Wildman–Crippen LogP) is 4.76.